The van der Waals surface area contributed by atoms with Gasteiger partial charge in [-0.3, -0.25) is 10.1 Å². The summed E-state index contributed by atoms with van der Waals surface area (Å²) in [5.74, 6) is 0.691. The zero-order chi connectivity index (χ0) is 19.6. The Morgan fingerprint density at radius 3 is 2.70 bits per heavy atom. The van der Waals surface area contributed by atoms with Crippen molar-refractivity contribution in [2.75, 3.05) is 32.1 Å². The Hall–Kier alpha value is -2.77. The van der Waals surface area contributed by atoms with Crippen LogP contribution in [0, 0.1) is 6.92 Å². The molecule has 2 aromatic rings. The predicted octanol–water partition coefficient (Wildman–Crippen LogP) is 3.32. The van der Waals surface area contributed by atoms with Gasteiger partial charge in [-0.05, 0) is 42.8 Å². The summed E-state index contributed by atoms with van der Waals surface area (Å²) in [7, 11) is 1.52. The molecule has 0 aliphatic heterocycles. The van der Waals surface area contributed by atoms with Crippen LogP contribution >= 0.6 is 11.6 Å². The summed E-state index contributed by atoms with van der Waals surface area (Å²) in [6.07, 6.45) is 0. The second-order valence-electron chi connectivity index (χ2n) is 5.71. The molecule has 3 N–H and O–H groups in total. The topological polar surface area (TPSA) is 88.7 Å². The number of anilines is 1. The van der Waals surface area contributed by atoms with Crippen molar-refractivity contribution in [3.8, 4) is 11.5 Å². The highest BCUT2D eigenvalue weighted by atomic mass is 35.5. The maximum absolute atomic E-state index is 11.9. The van der Waals surface area contributed by atoms with Crippen molar-refractivity contribution in [3.63, 3.8) is 0 Å². The van der Waals surface area contributed by atoms with Crippen LogP contribution in [0.5, 0.6) is 11.5 Å². The molecule has 27 heavy (non-hydrogen) atoms. The minimum absolute atomic E-state index is 0.123. The van der Waals surface area contributed by atoms with Crippen LogP contribution in [0.25, 0.3) is 0 Å². The van der Waals surface area contributed by atoms with Gasteiger partial charge in [0.2, 0.25) is 5.91 Å². The number of hydrogen-bond acceptors (Lipinski definition) is 5. The van der Waals surface area contributed by atoms with E-state index in [-0.39, 0.29) is 6.54 Å². The molecule has 0 atom stereocenters. The summed E-state index contributed by atoms with van der Waals surface area (Å²) in [5.41, 5.74) is 1.61. The van der Waals surface area contributed by atoms with Crippen LogP contribution in [0.2, 0.25) is 5.02 Å². The second-order valence-corrected chi connectivity index (χ2v) is 6.15. The van der Waals surface area contributed by atoms with Crippen LogP contribution in [0.3, 0.4) is 0 Å². The molecule has 3 amide bonds. The molecule has 0 spiro atoms. The van der Waals surface area contributed by atoms with E-state index >= 15 is 0 Å². The van der Waals surface area contributed by atoms with Crippen LogP contribution in [0.1, 0.15) is 5.56 Å². The third-order valence-electron chi connectivity index (χ3n) is 3.44. The van der Waals surface area contributed by atoms with Gasteiger partial charge in [-0.25, -0.2) is 4.79 Å². The minimum Gasteiger partial charge on any atom is -0.455 e. The molecule has 0 fully saturated rings. The molecular formula is C19H22ClN3O4. The predicted molar refractivity (Wildman–Crippen MR) is 105 cm³/mol. The molecule has 0 saturated heterocycles. The summed E-state index contributed by atoms with van der Waals surface area (Å²) in [6.45, 7) is 2.52. The summed E-state index contributed by atoms with van der Waals surface area (Å²) in [5, 5.41) is 8.15. The van der Waals surface area contributed by atoms with Gasteiger partial charge >= 0.3 is 6.03 Å². The quantitative estimate of drug-likeness (QED) is 0.601. The number of methoxy groups -OCH3 is 1. The Labute approximate surface area is 163 Å². The van der Waals surface area contributed by atoms with Gasteiger partial charge in [0.15, 0.2) is 5.75 Å². The van der Waals surface area contributed by atoms with Crippen LogP contribution in [0.4, 0.5) is 10.5 Å². The van der Waals surface area contributed by atoms with Crippen molar-refractivity contribution in [2.24, 2.45) is 0 Å². The van der Waals surface area contributed by atoms with Crippen molar-refractivity contribution in [3.05, 3.63) is 53.1 Å². The SMILES string of the molecule is COCCNC(=O)NC(=O)CNc1cc(Cl)ccc1Oc1cccc(C)c1. The lowest BCUT2D eigenvalue weighted by Gasteiger charge is -2.14. The first kappa shape index (κ1) is 20.5. The van der Waals surface area contributed by atoms with E-state index in [1.807, 2.05) is 31.2 Å². The van der Waals surface area contributed by atoms with Crippen molar-refractivity contribution in [2.45, 2.75) is 6.92 Å². The lowest BCUT2D eigenvalue weighted by molar-refractivity contribution is -0.118. The molecule has 144 valence electrons. The molecule has 0 aliphatic rings. The number of imide groups is 1. The fraction of sp³-hybridized carbons (Fsp3) is 0.263. The van der Waals surface area contributed by atoms with E-state index in [4.69, 9.17) is 21.1 Å². The highest BCUT2D eigenvalue weighted by molar-refractivity contribution is 6.31. The van der Waals surface area contributed by atoms with Crippen LogP contribution < -0.4 is 20.7 Å². The summed E-state index contributed by atoms with van der Waals surface area (Å²) in [4.78, 5) is 23.5. The maximum atomic E-state index is 11.9. The lowest BCUT2D eigenvalue weighted by Crippen LogP contribution is -2.42. The Morgan fingerprint density at radius 2 is 1.96 bits per heavy atom. The first-order valence-corrected chi connectivity index (χ1v) is 8.70. The number of ether oxygens (including phenoxy) is 2. The average molecular weight is 392 g/mol. The highest BCUT2D eigenvalue weighted by Gasteiger charge is 2.10. The van der Waals surface area contributed by atoms with Gasteiger partial charge in [0.1, 0.15) is 5.75 Å². The average Bonchev–Trinajstić information content (AvgIpc) is 2.62. The standard InChI is InChI=1S/C19H22ClN3O4/c1-13-4-3-5-15(10-13)27-17-7-6-14(20)11-16(17)22-12-18(24)23-19(25)21-8-9-26-2/h3-7,10-11,22H,8-9,12H2,1-2H3,(H2,21,23,24,25). The summed E-state index contributed by atoms with van der Waals surface area (Å²) >= 11 is 6.04. The fourth-order valence-electron chi connectivity index (χ4n) is 2.19. The molecule has 2 rings (SSSR count). The van der Waals surface area contributed by atoms with Gasteiger partial charge < -0.3 is 20.1 Å². The number of halogens is 1. The highest BCUT2D eigenvalue weighted by Crippen LogP contribution is 2.32. The van der Waals surface area contributed by atoms with Gasteiger partial charge in [-0.15, -0.1) is 0 Å². The third-order valence-corrected chi connectivity index (χ3v) is 3.68. The molecule has 0 aromatic heterocycles. The van der Waals surface area contributed by atoms with E-state index in [0.717, 1.165) is 5.56 Å². The van der Waals surface area contributed by atoms with E-state index in [1.54, 1.807) is 18.2 Å². The molecule has 0 saturated carbocycles. The van der Waals surface area contributed by atoms with Crippen molar-refractivity contribution in [1.82, 2.24) is 10.6 Å². The number of amides is 3. The number of carbonyl (C=O) groups is 2. The smallest absolute Gasteiger partial charge is 0.321 e. The van der Waals surface area contributed by atoms with E-state index in [1.165, 1.54) is 7.11 Å². The first-order chi connectivity index (χ1) is 13.0. The number of urea groups is 1. The zero-order valence-corrected chi connectivity index (χ0v) is 15.9. The van der Waals surface area contributed by atoms with E-state index in [0.29, 0.717) is 35.4 Å². The number of carbonyl (C=O) groups excluding carboxylic acids is 2. The lowest BCUT2D eigenvalue weighted by atomic mass is 10.2. The van der Waals surface area contributed by atoms with Gasteiger partial charge in [-0.1, -0.05) is 23.7 Å². The normalized spacial score (nSPS) is 10.2. The van der Waals surface area contributed by atoms with Crippen LogP contribution in [0.15, 0.2) is 42.5 Å². The van der Waals surface area contributed by atoms with Crippen molar-refractivity contribution >= 4 is 29.2 Å². The Bertz CT molecular complexity index is 798. The van der Waals surface area contributed by atoms with E-state index in [9.17, 15) is 9.59 Å². The summed E-state index contributed by atoms with van der Waals surface area (Å²) in [6, 6.07) is 12.1. The first-order valence-electron chi connectivity index (χ1n) is 8.32. The molecule has 0 aliphatic carbocycles. The molecule has 2 aromatic carbocycles. The third kappa shape index (κ3) is 7.16. The Morgan fingerprint density at radius 1 is 1.15 bits per heavy atom. The number of hydrogen-bond donors (Lipinski definition) is 3. The van der Waals surface area contributed by atoms with Crippen molar-refractivity contribution in [1.29, 1.82) is 0 Å². The number of nitrogens with one attached hydrogen (secondary N) is 3. The molecule has 0 heterocycles. The molecular weight excluding hydrogens is 370 g/mol. The van der Waals surface area contributed by atoms with Gasteiger partial charge in [0, 0.05) is 18.7 Å². The number of benzene rings is 2. The zero-order valence-electron chi connectivity index (χ0n) is 15.2. The van der Waals surface area contributed by atoms with E-state index in [2.05, 4.69) is 16.0 Å². The van der Waals surface area contributed by atoms with Crippen LogP contribution in [-0.2, 0) is 9.53 Å². The number of aryl methyl sites for hydroxylation is 1. The minimum atomic E-state index is -0.582. The number of rotatable bonds is 8. The van der Waals surface area contributed by atoms with E-state index < -0.39 is 11.9 Å². The fourth-order valence-corrected chi connectivity index (χ4v) is 2.36. The van der Waals surface area contributed by atoms with Gasteiger partial charge in [0.05, 0.1) is 18.8 Å². The Balaban J connectivity index is 1.96. The molecule has 0 bridgehead atoms. The monoisotopic (exact) mass is 391 g/mol. The second kappa shape index (κ2) is 10.4. The van der Waals surface area contributed by atoms with Crippen LogP contribution in [-0.4, -0.2) is 38.7 Å². The van der Waals surface area contributed by atoms with Crippen molar-refractivity contribution < 1.29 is 19.1 Å². The maximum Gasteiger partial charge on any atom is 0.321 e. The largest absolute Gasteiger partial charge is 0.455 e. The molecule has 7 nitrogen and oxygen atoms in total. The summed E-state index contributed by atoms with van der Waals surface area (Å²) < 4.78 is 10.7. The molecule has 0 radical (unpaired) electrons. The molecule has 0 unspecified atom stereocenters. The Kier molecular flexibility index (Phi) is 7.91. The van der Waals surface area contributed by atoms with Gasteiger partial charge in [0.25, 0.3) is 0 Å². The van der Waals surface area contributed by atoms with Gasteiger partial charge in [-0.2, -0.15) is 0 Å². The molecule has 8 heteroatoms.